The van der Waals surface area contributed by atoms with E-state index in [1.807, 2.05) is 32.0 Å². The number of amides is 1. The molecule has 0 aliphatic heterocycles. The van der Waals surface area contributed by atoms with Crippen LogP contribution in [0.4, 0.5) is 11.4 Å². The summed E-state index contributed by atoms with van der Waals surface area (Å²) in [7, 11) is -3.86. The fraction of sp³-hybridized carbons (Fsp3) is 0.136. The lowest BCUT2D eigenvalue weighted by atomic mass is 10.1. The van der Waals surface area contributed by atoms with Gasteiger partial charge in [-0.05, 0) is 83.7 Å². The van der Waals surface area contributed by atoms with Crippen LogP contribution in [-0.4, -0.2) is 14.3 Å². The van der Waals surface area contributed by atoms with E-state index >= 15 is 0 Å². The molecule has 3 rings (SSSR count). The fourth-order valence-electron chi connectivity index (χ4n) is 2.85. The van der Waals surface area contributed by atoms with E-state index in [2.05, 4.69) is 26.0 Å². The molecule has 0 spiro atoms. The Kier molecular flexibility index (Phi) is 6.10. The van der Waals surface area contributed by atoms with Crippen molar-refractivity contribution in [3.05, 3.63) is 87.4 Å². The van der Waals surface area contributed by atoms with Gasteiger partial charge in [0.2, 0.25) is 0 Å². The van der Waals surface area contributed by atoms with E-state index in [0.29, 0.717) is 16.9 Å². The molecule has 0 aliphatic carbocycles. The number of sulfonamides is 1. The van der Waals surface area contributed by atoms with Gasteiger partial charge in [0.25, 0.3) is 15.9 Å². The molecule has 0 atom stereocenters. The maximum atomic E-state index is 13.0. The van der Waals surface area contributed by atoms with Gasteiger partial charge in [0, 0.05) is 10.0 Å². The van der Waals surface area contributed by atoms with Gasteiger partial charge in [-0.1, -0.05) is 30.3 Å². The predicted molar refractivity (Wildman–Crippen MR) is 120 cm³/mol. The molecule has 0 saturated carbocycles. The van der Waals surface area contributed by atoms with Gasteiger partial charge in [-0.15, -0.1) is 0 Å². The topological polar surface area (TPSA) is 75.3 Å². The van der Waals surface area contributed by atoms with E-state index in [1.165, 1.54) is 6.07 Å². The van der Waals surface area contributed by atoms with E-state index in [9.17, 15) is 13.2 Å². The van der Waals surface area contributed by atoms with Crippen molar-refractivity contribution in [2.45, 2.75) is 25.7 Å². The maximum absolute atomic E-state index is 13.0. The van der Waals surface area contributed by atoms with Crippen molar-refractivity contribution in [1.29, 1.82) is 0 Å². The molecule has 0 unspecified atom stereocenters. The van der Waals surface area contributed by atoms with Crippen molar-refractivity contribution in [2.75, 3.05) is 10.0 Å². The standard InChI is InChI=1S/C22H21BrN2O3S/c1-14-7-6-10-19(16(14)3)25-29(27,28)21-13-17(12-11-15(21)2)22(26)24-20-9-5-4-8-18(20)23/h4-13,25H,1-3H3,(H,24,26). The van der Waals surface area contributed by atoms with E-state index in [-0.39, 0.29) is 16.4 Å². The first-order chi connectivity index (χ1) is 13.7. The zero-order chi connectivity index (χ0) is 21.2. The zero-order valence-corrected chi connectivity index (χ0v) is 18.7. The average molecular weight is 473 g/mol. The summed E-state index contributed by atoms with van der Waals surface area (Å²) < 4.78 is 29.4. The Morgan fingerprint density at radius 3 is 2.28 bits per heavy atom. The third-order valence-electron chi connectivity index (χ3n) is 4.71. The summed E-state index contributed by atoms with van der Waals surface area (Å²) in [6.45, 7) is 5.49. The molecule has 0 fully saturated rings. The van der Waals surface area contributed by atoms with Crippen molar-refractivity contribution in [3.8, 4) is 0 Å². The second-order valence-electron chi connectivity index (χ2n) is 6.77. The summed E-state index contributed by atoms with van der Waals surface area (Å²) in [5, 5.41) is 2.79. The van der Waals surface area contributed by atoms with Gasteiger partial charge in [-0.25, -0.2) is 8.42 Å². The summed E-state index contributed by atoms with van der Waals surface area (Å²) in [5.74, 6) is -0.389. The second-order valence-corrected chi connectivity index (χ2v) is 9.27. The highest BCUT2D eigenvalue weighted by Crippen LogP contribution is 2.26. The van der Waals surface area contributed by atoms with Gasteiger partial charge >= 0.3 is 0 Å². The van der Waals surface area contributed by atoms with Gasteiger partial charge in [-0.3, -0.25) is 9.52 Å². The van der Waals surface area contributed by atoms with Crippen molar-refractivity contribution in [2.24, 2.45) is 0 Å². The Hall–Kier alpha value is -2.64. The van der Waals surface area contributed by atoms with E-state index in [4.69, 9.17) is 0 Å². The van der Waals surface area contributed by atoms with Crippen LogP contribution in [0.15, 0.2) is 70.0 Å². The van der Waals surface area contributed by atoms with Crippen molar-refractivity contribution < 1.29 is 13.2 Å². The molecule has 1 amide bonds. The quantitative estimate of drug-likeness (QED) is 0.519. The molecule has 0 aromatic heterocycles. The minimum absolute atomic E-state index is 0.0678. The van der Waals surface area contributed by atoms with E-state index < -0.39 is 10.0 Å². The van der Waals surface area contributed by atoms with Gasteiger partial charge in [0.1, 0.15) is 0 Å². The number of nitrogens with one attached hydrogen (secondary N) is 2. The van der Waals surface area contributed by atoms with Crippen LogP contribution in [0.25, 0.3) is 0 Å². The van der Waals surface area contributed by atoms with Gasteiger partial charge in [0.05, 0.1) is 16.3 Å². The Balaban J connectivity index is 1.93. The highest BCUT2D eigenvalue weighted by Gasteiger charge is 2.20. The molecule has 7 heteroatoms. The molecule has 150 valence electrons. The van der Waals surface area contributed by atoms with Gasteiger partial charge in [-0.2, -0.15) is 0 Å². The number of hydrogen-bond donors (Lipinski definition) is 2. The molecule has 0 radical (unpaired) electrons. The number of hydrogen-bond acceptors (Lipinski definition) is 3. The molecular weight excluding hydrogens is 452 g/mol. The molecule has 0 bridgehead atoms. The minimum atomic E-state index is -3.86. The molecule has 0 heterocycles. The SMILES string of the molecule is Cc1ccc(C(=O)Nc2ccccc2Br)cc1S(=O)(=O)Nc1cccc(C)c1C. The first kappa shape index (κ1) is 21.1. The van der Waals surface area contributed by atoms with Crippen LogP contribution in [0.3, 0.4) is 0 Å². The Morgan fingerprint density at radius 2 is 1.55 bits per heavy atom. The number of para-hydroxylation sites is 1. The molecule has 2 N–H and O–H groups in total. The smallest absolute Gasteiger partial charge is 0.262 e. The maximum Gasteiger partial charge on any atom is 0.262 e. The van der Waals surface area contributed by atoms with Crippen LogP contribution in [0.2, 0.25) is 0 Å². The number of rotatable bonds is 5. The van der Waals surface area contributed by atoms with Crippen molar-refractivity contribution in [3.63, 3.8) is 0 Å². The van der Waals surface area contributed by atoms with E-state index in [1.54, 1.807) is 43.3 Å². The molecule has 5 nitrogen and oxygen atoms in total. The molecule has 29 heavy (non-hydrogen) atoms. The first-order valence-electron chi connectivity index (χ1n) is 8.94. The van der Waals surface area contributed by atoms with Gasteiger partial charge in [0.15, 0.2) is 0 Å². The lowest BCUT2D eigenvalue weighted by Gasteiger charge is -2.15. The molecule has 3 aromatic rings. The lowest BCUT2D eigenvalue weighted by Crippen LogP contribution is -2.18. The lowest BCUT2D eigenvalue weighted by molar-refractivity contribution is 0.102. The molecule has 3 aromatic carbocycles. The zero-order valence-electron chi connectivity index (χ0n) is 16.3. The van der Waals surface area contributed by atoms with Gasteiger partial charge < -0.3 is 5.32 Å². The third kappa shape index (κ3) is 4.68. The first-order valence-corrected chi connectivity index (χ1v) is 11.2. The largest absolute Gasteiger partial charge is 0.321 e. The third-order valence-corrected chi connectivity index (χ3v) is 6.91. The highest BCUT2D eigenvalue weighted by molar-refractivity contribution is 9.10. The number of aryl methyl sites for hydroxylation is 2. The number of carbonyl (C=O) groups is 1. The molecule has 0 aliphatic rings. The summed E-state index contributed by atoms with van der Waals surface area (Å²) in [4.78, 5) is 12.7. The van der Waals surface area contributed by atoms with Crippen molar-refractivity contribution >= 4 is 43.2 Å². The van der Waals surface area contributed by atoms with Crippen LogP contribution in [0.1, 0.15) is 27.0 Å². The van der Waals surface area contributed by atoms with Crippen LogP contribution >= 0.6 is 15.9 Å². The monoisotopic (exact) mass is 472 g/mol. The minimum Gasteiger partial charge on any atom is -0.321 e. The number of anilines is 2. The second kappa shape index (κ2) is 8.39. The van der Waals surface area contributed by atoms with Crippen LogP contribution in [0.5, 0.6) is 0 Å². The Morgan fingerprint density at radius 1 is 0.862 bits per heavy atom. The fourth-order valence-corrected chi connectivity index (χ4v) is 4.63. The summed E-state index contributed by atoms with van der Waals surface area (Å²) in [5.41, 5.74) is 3.79. The predicted octanol–water partition coefficient (Wildman–Crippen LogP) is 5.43. The van der Waals surface area contributed by atoms with Crippen LogP contribution in [-0.2, 0) is 10.0 Å². The summed E-state index contributed by atoms with van der Waals surface area (Å²) in [6, 6.07) is 17.3. The highest BCUT2D eigenvalue weighted by atomic mass is 79.9. The summed E-state index contributed by atoms with van der Waals surface area (Å²) >= 11 is 3.38. The Labute approximate surface area is 179 Å². The molecular formula is C22H21BrN2O3S. The number of carbonyl (C=O) groups excluding carboxylic acids is 1. The molecule has 0 saturated heterocycles. The number of halogens is 1. The Bertz CT molecular complexity index is 1190. The van der Waals surface area contributed by atoms with Crippen LogP contribution in [0, 0.1) is 20.8 Å². The normalized spacial score (nSPS) is 11.2. The van der Waals surface area contributed by atoms with Crippen molar-refractivity contribution in [1.82, 2.24) is 0 Å². The number of benzene rings is 3. The summed E-state index contributed by atoms with van der Waals surface area (Å²) in [6.07, 6.45) is 0. The average Bonchev–Trinajstić information content (AvgIpc) is 2.67. The van der Waals surface area contributed by atoms with Crippen LogP contribution < -0.4 is 10.0 Å². The van der Waals surface area contributed by atoms with E-state index in [0.717, 1.165) is 15.6 Å².